The monoisotopic (exact) mass is 428 g/mol. The number of aromatic nitrogens is 2. The number of rotatable bonds is 5. The number of amides is 2. The molecule has 2 aliphatic heterocycles. The summed E-state index contributed by atoms with van der Waals surface area (Å²) in [6.45, 7) is 11.2. The van der Waals surface area contributed by atoms with E-state index in [1.165, 1.54) is 12.8 Å². The normalized spacial score (nSPS) is 18.6. The first-order valence-corrected chi connectivity index (χ1v) is 11.8. The van der Waals surface area contributed by atoms with Crippen molar-refractivity contribution in [2.75, 3.05) is 44.2 Å². The number of urea groups is 1. The number of carbonyl (C=O) groups excluding carboxylic acids is 1. The average Bonchev–Trinajstić information content (AvgIpc) is 3.18. The van der Waals surface area contributed by atoms with Crippen LogP contribution in [-0.4, -0.2) is 65.1 Å². The molecule has 0 spiro atoms. The van der Waals surface area contributed by atoms with E-state index in [0.717, 1.165) is 73.8 Å². The number of pyridine rings is 1. The summed E-state index contributed by atoms with van der Waals surface area (Å²) in [6, 6.07) is 4.17. The van der Waals surface area contributed by atoms with Gasteiger partial charge >= 0.3 is 6.03 Å². The van der Waals surface area contributed by atoms with Crippen molar-refractivity contribution in [3.63, 3.8) is 0 Å². The topological polar surface area (TPSA) is 64.6 Å². The van der Waals surface area contributed by atoms with Gasteiger partial charge in [-0.15, -0.1) is 11.3 Å². The number of nitrogens with one attached hydrogen (secondary N) is 1. The zero-order valence-corrected chi connectivity index (χ0v) is 18.8. The third kappa shape index (κ3) is 5.49. The third-order valence-corrected chi connectivity index (χ3v) is 6.89. The summed E-state index contributed by atoms with van der Waals surface area (Å²) in [6.07, 6.45) is 4.35. The molecule has 0 atom stereocenters. The van der Waals surface area contributed by atoms with E-state index in [2.05, 4.69) is 49.5 Å². The summed E-state index contributed by atoms with van der Waals surface area (Å²) in [4.78, 5) is 28.3. The van der Waals surface area contributed by atoms with E-state index < -0.39 is 0 Å². The first-order chi connectivity index (χ1) is 14.6. The summed E-state index contributed by atoms with van der Waals surface area (Å²) in [5, 5.41) is 6.28. The molecule has 162 valence electrons. The van der Waals surface area contributed by atoms with E-state index in [4.69, 9.17) is 0 Å². The number of hydrogen-bond donors (Lipinski definition) is 1. The number of piperidine rings is 1. The van der Waals surface area contributed by atoms with Gasteiger partial charge in [-0.1, -0.05) is 13.0 Å². The first kappa shape index (κ1) is 21.1. The Bertz CT molecular complexity index is 822. The maximum atomic E-state index is 12.5. The lowest BCUT2D eigenvalue weighted by atomic mass is 9.99. The number of anilines is 1. The molecule has 8 heteroatoms. The second-order valence-electron chi connectivity index (χ2n) is 8.47. The number of aryl methyl sites for hydroxylation is 1. The van der Waals surface area contributed by atoms with Crippen LogP contribution in [0.15, 0.2) is 23.7 Å². The Labute approximate surface area is 183 Å². The second-order valence-corrected chi connectivity index (χ2v) is 9.54. The molecule has 0 radical (unpaired) electrons. The van der Waals surface area contributed by atoms with Crippen LogP contribution >= 0.6 is 11.3 Å². The lowest BCUT2D eigenvalue weighted by molar-refractivity contribution is 0.134. The van der Waals surface area contributed by atoms with E-state index in [0.29, 0.717) is 6.54 Å². The Hall–Kier alpha value is -2.19. The Morgan fingerprint density at radius 3 is 2.57 bits per heavy atom. The van der Waals surface area contributed by atoms with Crippen LogP contribution in [0.1, 0.15) is 36.0 Å². The summed E-state index contributed by atoms with van der Waals surface area (Å²) >= 11 is 1.69. The van der Waals surface area contributed by atoms with Crippen LogP contribution in [-0.2, 0) is 13.1 Å². The number of thiazole rings is 1. The minimum atomic E-state index is 0.00764. The molecule has 4 rings (SSSR count). The van der Waals surface area contributed by atoms with Crippen LogP contribution in [0, 0.1) is 12.8 Å². The molecule has 2 aliphatic rings. The molecule has 2 amide bonds. The highest BCUT2D eigenvalue weighted by Crippen LogP contribution is 2.21. The van der Waals surface area contributed by atoms with Crippen LogP contribution in [0.4, 0.5) is 10.6 Å². The molecule has 7 nitrogen and oxygen atoms in total. The lowest BCUT2D eigenvalue weighted by Crippen LogP contribution is -2.51. The number of nitrogens with zero attached hydrogens (tertiary/aromatic N) is 5. The van der Waals surface area contributed by atoms with Crippen LogP contribution in [0.5, 0.6) is 0 Å². The van der Waals surface area contributed by atoms with E-state index in [-0.39, 0.29) is 6.03 Å². The Balaban J connectivity index is 1.19. The predicted octanol–water partition coefficient (Wildman–Crippen LogP) is 3.11. The van der Waals surface area contributed by atoms with Gasteiger partial charge in [-0.3, -0.25) is 4.90 Å². The van der Waals surface area contributed by atoms with Crippen LogP contribution < -0.4 is 10.2 Å². The van der Waals surface area contributed by atoms with Gasteiger partial charge in [0.05, 0.1) is 10.7 Å². The number of carbonyl (C=O) groups is 1. The number of piperazine rings is 1. The molecule has 2 saturated heterocycles. The first-order valence-electron chi connectivity index (χ1n) is 10.9. The van der Waals surface area contributed by atoms with Gasteiger partial charge in [-0.25, -0.2) is 14.8 Å². The summed E-state index contributed by atoms with van der Waals surface area (Å²) < 4.78 is 0. The van der Waals surface area contributed by atoms with Crippen LogP contribution in [0.3, 0.4) is 0 Å². The van der Waals surface area contributed by atoms with Gasteiger partial charge in [-0.2, -0.15) is 0 Å². The molecule has 0 saturated carbocycles. The van der Waals surface area contributed by atoms with Crippen molar-refractivity contribution >= 4 is 23.2 Å². The Morgan fingerprint density at radius 1 is 1.17 bits per heavy atom. The molecule has 0 aliphatic carbocycles. The van der Waals surface area contributed by atoms with Gasteiger partial charge < -0.3 is 15.1 Å². The van der Waals surface area contributed by atoms with Gasteiger partial charge in [0.25, 0.3) is 0 Å². The lowest BCUT2D eigenvalue weighted by Gasteiger charge is -2.34. The van der Waals surface area contributed by atoms with Gasteiger partial charge in [0, 0.05) is 63.9 Å². The SMILES string of the molecule is Cc1nc(CN2CCN(C(=O)NCc3ccc(N4CCC(C)CC4)nc3)CC2)cs1. The fraction of sp³-hybridized carbons (Fsp3) is 0.591. The molecular weight excluding hydrogens is 396 g/mol. The zero-order valence-electron chi connectivity index (χ0n) is 18.0. The molecule has 2 aromatic rings. The fourth-order valence-corrected chi connectivity index (χ4v) is 4.66. The highest BCUT2D eigenvalue weighted by atomic mass is 32.1. The molecule has 0 unspecified atom stereocenters. The summed E-state index contributed by atoms with van der Waals surface area (Å²) in [5.41, 5.74) is 2.17. The minimum Gasteiger partial charge on any atom is -0.357 e. The van der Waals surface area contributed by atoms with Crippen molar-refractivity contribution < 1.29 is 4.79 Å². The van der Waals surface area contributed by atoms with Crippen molar-refractivity contribution in [3.05, 3.63) is 40.0 Å². The molecule has 30 heavy (non-hydrogen) atoms. The average molecular weight is 429 g/mol. The molecule has 0 bridgehead atoms. The molecule has 2 fully saturated rings. The second kappa shape index (κ2) is 9.75. The van der Waals surface area contributed by atoms with Crippen molar-refractivity contribution in [2.24, 2.45) is 5.92 Å². The van der Waals surface area contributed by atoms with Crippen LogP contribution in [0.2, 0.25) is 0 Å². The van der Waals surface area contributed by atoms with Gasteiger partial charge in [0.1, 0.15) is 5.82 Å². The van der Waals surface area contributed by atoms with E-state index >= 15 is 0 Å². The van der Waals surface area contributed by atoms with Crippen molar-refractivity contribution in [1.29, 1.82) is 0 Å². The van der Waals surface area contributed by atoms with E-state index in [1.54, 1.807) is 11.3 Å². The Kier molecular flexibility index (Phi) is 6.84. The largest absolute Gasteiger partial charge is 0.357 e. The molecule has 0 aromatic carbocycles. The van der Waals surface area contributed by atoms with Crippen molar-refractivity contribution in [2.45, 2.75) is 39.8 Å². The van der Waals surface area contributed by atoms with E-state index in [1.807, 2.05) is 18.0 Å². The van der Waals surface area contributed by atoms with Gasteiger partial charge in [0.2, 0.25) is 0 Å². The van der Waals surface area contributed by atoms with Gasteiger partial charge in [0.15, 0.2) is 0 Å². The zero-order chi connectivity index (χ0) is 20.9. The van der Waals surface area contributed by atoms with Crippen molar-refractivity contribution in [1.82, 2.24) is 25.1 Å². The Morgan fingerprint density at radius 2 is 1.93 bits per heavy atom. The minimum absolute atomic E-state index is 0.00764. The molecular formula is C22H32N6OS. The molecule has 1 N–H and O–H groups in total. The maximum Gasteiger partial charge on any atom is 0.317 e. The van der Waals surface area contributed by atoms with E-state index in [9.17, 15) is 4.79 Å². The quantitative estimate of drug-likeness (QED) is 0.793. The smallest absolute Gasteiger partial charge is 0.317 e. The highest BCUT2D eigenvalue weighted by molar-refractivity contribution is 7.09. The molecule has 2 aromatic heterocycles. The predicted molar refractivity (Wildman–Crippen MR) is 121 cm³/mol. The third-order valence-electron chi connectivity index (χ3n) is 6.07. The maximum absolute atomic E-state index is 12.5. The van der Waals surface area contributed by atoms with Crippen molar-refractivity contribution in [3.8, 4) is 0 Å². The summed E-state index contributed by atoms with van der Waals surface area (Å²) in [5.74, 6) is 1.86. The number of hydrogen-bond acceptors (Lipinski definition) is 6. The molecule has 4 heterocycles. The van der Waals surface area contributed by atoms with Crippen LogP contribution in [0.25, 0.3) is 0 Å². The summed E-state index contributed by atoms with van der Waals surface area (Å²) in [7, 11) is 0. The van der Waals surface area contributed by atoms with Gasteiger partial charge in [-0.05, 0) is 37.3 Å². The highest BCUT2D eigenvalue weighted by Gasteiger charge is 2.21. The fourth-order valence-electron chi connectivity index (χ4n) is 4.05. The standard InChI is InChI=1S/C22H32N6OS/c1-17-5-7-27(8-6-17)21-4-3-19(13-23-21)14-24-22(29)28-11-9-26(10-12-28)15-20-16-30-18(2)25-20/h3-4,13,16-17H,5-12,14-15H2,1-2H3,(H,24,29).